The summed E-state index contributed by atoms with van der Waals surface area (Å²) in [5.74, 6) is 2.34. The van der Waals surface area contributed by atoms with Crippen molar-refractivity contribution in [3.8, 4) is 0 Å². The molecule has 0 bridgehead atoms. The van der Waals surface area contributed by atoms with Crippen molar-refractivity contribution in [1.29, 1.82) is 0 Å². The minimum Gasteiger partial charge on any atom is -0.293 e. The van der Waals surface area contributed by atoms with E-state index in [0.717, 1.165) is 22.0 Å². The number of carbonyl (C=O) groups excluding carboxylic acids is 1. The lowest BCUT2D eigenvalue weighted by Crippen LogP contribution is -2.02. The van der Waals surface area contributed by atoms with Crippen LogP contribution in [-0.4, -0.2) is 11.5 Å². The van der Waals surface area contributed by atoms with Gasteiger partial charge in [0, 0.05) is 10.5 Å². The van der Waals surface area contributed by atoms with Crippen LogP contribution in [0.25, 0.3) is 0 Å². The maximum absolute atomic E-state index is 12.1. The van der Waals surface area contributed by atoms with E-state index in [4.69, 9.17) is 4.42 Å². The zero-order valence-corrected chi connectivity index (χ0v) is 12.2. The lowest BCUT2D eigenvalue weighted by molar-refractivity contribution is 0.102. The second-order valence-corrected chi connectivity index (χ2v) is 5.64. The molecular weight excluding hydrogens is 256 g/mol. The van der Waals surface area contributed by atoms with Gasteiger partial charge in [0.15, 0.2) is 5.78 Å². The summed E-state index contributed by atoms with van der Waals surface area (Å²) in [6.07, 6.45) is 0. The molecule has 0 saturated carbocycles. The Morgan fingerprint density at radius 1 is 1.05 bits per heavy atom. The Morgan fingerprint density at radius 3 is 2.21 bits per heavy atom. The first-order valence-corrected chi connectivity index (χ1v) is 7.17. The third-order valence-corrected chi connectivity index (χ3v) is 3.73. The molecule has 2 aromatic rings. The summed E-state index contributed by atoms with van der Waals surface area (Å²) in [4.78, 5) is 13.1. The average Bonchev–Trinajstić information content (AvgIpc) is 2.36. The second kappa shape index (κ2) is 6.02. The molecule has 0 radical (unpaired) electrons. The number of hydrogen-bond donors (Lipinski definition) is 0. The van der Waals surface area contributed by atoms with E-state index in [1.165, 1.54) is 5.56 Å². The lowest BCUT2D eigenvalue weighted by atomic mass is 10.1. The van der Waals surface area contributed by atoms with Crippen molar-refractivity contribution < 1.29 is 9.21 Å². The summed E-state index contributed by atoms with van der Waals surface area (Å²) in [5, 5.41) is 0. The van der Waals surface area contributed by atoms with Gasteiger partial charge in [0.25, 0.3) is 0 Å². The van der Waals surface area contributed by atoms with E-state index in [-0.39, 0.29) is 5.78 Å². The van der Waals surface area contributed by atoms with Crippen molar-refractivity contribution >= 4 is 17.5 Å². The highest BCUT2D eigenvalue weighted by atomic mass is 32.2. The normalized spacial score (nSPS) is 10.5. The molecule has 0 aliphatic rings. The molecule has 1 aromatic heterocycles. The molecule has 2 rings (SSSR count). The highest BCUT2D eigenvalue weighted by molar-refractivity contribution is 8.00. The number of ketones is 1. The van der Waals surface area contributed by atoms with Crippen molar-refractivity contribution in [1.82, 2.24) is 0 Å². The van der Waals surface area contributed by atoms with Gasteiger partial charge in [-0.25, -0.2) is 4.42 Å². The third-order valence-electron chi connectivity index (χ3n) is 2.76. The van der Waals surface area contributed by atoms with Crippen LogP contribution in [0.3, 0.4) is 0 Å². The van der Waals surface area contributed by atoms with Crippen LogP contribution in [0.4, 0.5) is 0 Å². The molecule has 0 N–H and O–H groups in total. The highest BCUT2D eigenvalue weighted by Gasteiger charge is 2.11. The highest BCUT2D eigenvalue weighted by Crippen LogP contribution is 2.22. The van der Waals surface area contributed by atoms with Crippen molar-refractivity contribution in [2.75, 3.05) is 5.75 Å². The van der Waals surface area contributed by atoms with E-state index in [1.54, 1.807) is 11.8 Å². The van der Waals surface area contributed by atoms with Gasteiger partial charge in [0.1, 0.15) is 0 Å². The van der Waals surface area contributed by atoms with Crippen LogP contribution in [0.1, 0.15) is 27.4 Å². The molecule has 0 spiro atoms. The summed E-state index contributed by atoms with van der Waals surface area (Å²) in [6.45, 7) is 5.85. The minimum absolute atomic E-state index is 0.154. The van der Waals surface area contributed by atoms with E-state index >= 15 is 0 Å². The van der Waals surface area contributed by atoms with Gasteiger partial charge in [0.05, 0.1) is 31.7 Å². The molecule has 2 nitrogen and oxygen atoms in total. The molecule has 0 unspecified atom stereocenters. The van der Waals surface area contributed by atoms with Gasteiger partial charge in [0.2, 0.25) is 0 Å². The molecule has 0 atom stereocenters. The van der Waals surface area contributed by atoms with Crippen LogP contribution in [0, 0.1) is 20.8 Å². The molecule has 1 aromatic carbocycles. The summed E-state index contributed by atoms with van der Waals surface area (Å²) >= 11 is 1.55. The topological polar surface area (TPSA) is 28.4 Å². The molecule has 0 aliphatic carbocycles. The van der Waals surface area contributed by atoms with E-state index in [1.807, 2.05) is 57.2 Å². The molecule has 0 amide bonds. The van der Waals surface area contributed by atoms with E-state index < -0.39 is 0 Å². The smallest absolute Gasteiger partial charge is 0.293 e. The van der Waals surface area contributed by atoms with Crippen LogP contribution in [0.2, 0.25) is 0 Å². The number of benzene rings is 1. The first-order chi connectivity index (χ1) is 9.04. The van der Waals surface area contributed by atoms with Crippen LogP contribution in [0.5, 0.6) is 0 Å². The predicted octanol–water partition coefficient (Wildman–Crippen LogP) is 4.46. The molecule has 3 heteroatoms. The minimum atomic E-state index is 0.154. The number of carbonyl (C=O) groups is 1. The number of Topliss-reactive ketones (excluding diaryl/α,β-unsaturated/α-hetero) is 1. The Morgan fingerprint density at radius 2 is 1.63 bits per heavy atom. The van der Waals surface area contributed by atoms with Crippen molar-refractivity contribution in [3.63, 3.8) is 0 Å². The van der Waals surface area contributed by atoms with Gasteiger partial charge in [-0.3, -0.25) is 4.79 Å². The molecule has 1 heterocycles. The van der Waals surface area contributed by atoms with Crippen molar-refractivity contribution in [2.24, 2.45) is 0 Å². The zero-order valence-electron chi connectivity index (χ0n) is 11.4. The molecule has 0 saturated heterocycles. The van der Waals surface area contributed by atoms with Crippen LogP contribution < -0.4 is 0 Å². The quantitative estimate of drug-likeness (QED) is 0.468. The summed E-state index contributed by atoms with van der Waals surface area (Å²) < 4.78 is 5.42. The molecular formula is C16H17O2S+. The Labute approximate surface area is 117 Å². The van der Waals surface area contributed by atoms with E-state index in [2.05, 4.69) is 0 Å². The Kier molecular flexibility index (Phi) is 4.38. The Bertz CT molecular complexity index is 568. The maximum atomic E-state index is 12.1. The molecule has 0 fully saturated rings. The zero-order chi connectivity index (χ0) is 13.8. The molecule has 0 aliphatic heterocycles. The van der Waals surface area contributed by atoms with Crippen LogP contribution >= 0.6 is 11.8 Å². The van der Waals surface area contributed by atoms with Gasteiger partial charge in [-0.2, -0.15) is 0 Å². The monoisotopic (exact) mass is 273 g/mol. The molecule has 98 valence electrons. The summed E-state index contributed by atoms with van der Waals surface area (Å²) in [7, 11) is 0. The standard InChI is InChI=1S/C16H17O2S/c1-11-4-6-14(7-5-11)16(17)10-19-15-8-12(2)18-13(3)9-15/h4-9H,10H2,1-3H3/q+1. The van der Waals surface area contributed by atoms with Crippen LogP contribution in [0.15, 0.2) is 45.7 Å². The van der Waals surface area contributed by atoms with Crippen LogP contribution in [-0.2, 0) is 0 Å². The third kappa shape index (κ3) is 3.93. The first kappa shape index (κ1) is 13.8. The number of aryl methyl sites for hydroxylation is 3. The number of thioether (sulfide) groups is 1. The van der Waals surface area contributed by atoms with E-state index in [0.29, 0.717) is 5.75 Å². The summed E-state index contributed by atoms with van der Waals surface area (Å²) in [5.41, 5.74) is 1.94. The second-order valence-electron chi connectivity index (χ2n) is 4.59. The largest absolute Gasteiger partial charge is 0.327 e. The fourth-order valence-electron chi connectivity index (χ4n) is 1.81. The van der Waals surface area contributed by atoms with Gasteiger partial charge in [-0.1, -0.05) is 29.8 Å². The molecule has 19 heavy (non-hydrogen) atoms. The lowest BCUT2D eigenvalue weighted by Gasteiger charge is -2.01. The number of hydrogen-bond acceptors (Lipinski definition) is 2. The van der Waals surface area contributed by atoms with Crippen molar-refractivity contribution in [3.05, 3.63) is 59.0 Å². The van der Waals surface area contributed by atoms with Crippen molar-refractivity contribution in [2.45, 2.75) is 25.7 Å². The van der Waals surface area contributed by atoms with Gasteiger partial charge in [-0.05, 0) is 6.92 Å². The fourth-order valence-corrected chi connectivity index (χ4v) is 2.77. The Hall–Kier alpha value is -1.61. The average molecular weight is 273 g/mol. The van der Waals surface area contributed by atoms with Gasteiger partial charge in [-0.15, -0.1) is 11.8 Å². The number of rotatable bonds is 4. The first-order valence-electron chi connectivity index (χ1n) is 6.18. The predicted molar refractivity (Wildman–Crippen MR) is 78.8 cm³/mol. The van der Waals surface area contributed by atoms with Gasteiger partial charge < -0.3 is 0 Å². The Balaban J connectivity index is 2.02. The fraction of sp³-hybridized carbons (Fsp3) is 0.250. The van der Waals surface area contributed by atoms with Gasteiger partial charge >= 0.3 is 11.5 Å². The summed E-state index contributed by atoms with van der Waals surface area (Å²) in [6, 6.07) is 11.6. The van der Waals surface area contributed by atoms with E-state index in [9.17, 15) is 4.79 Å². The SMILES string of the molecule is Cc1ccc(C(=O)CSc2cc(C)[o+]c(C)c2)cc1. The maximum Gasteiger partial charge on any atom is 0.327 e.